The van der Waals surface area contributed by atoms with E-state index < -0.39 is 0 Å². The fourth-order valence-electron chi connectivity index (χ4n) is 2.69. The van der Waals surface area contributed by atoms with E-state index in [1.54, 1.807) is 0 Å². The third kappa shape index (κ3) is 2.74. The van der Waals surface area contributed by atoms with E-state index in [2.05, 4.69) is 42.0 Å². The van der Waals surface area contributed by atoms with Crippen molar-refractivity contribution in [3.05, 3.63) is 23.8 Å². The maximum Gasteiger partial charge on any atom is 0.0469 e. The summed E-state index contributed by atoms with van der Waals surface area (Å²) in [7, 11) is 2.26. The van der Waals surface area contributed by atoms with Crippen molar-refractivity contribution in [2.24, 2.45) is 0 Å². The molecule has 0 bridgehead atoms. The lowest BCUT2D eigenvalue weighted by molar-refractivity contribution is 0.115. The fraction of sp³-hybridized carbons (Fsp3) is 0.714. The molecule has 0 N–H and O–H groups in total. The van der Waals surface area contributed by atoms with E-state index in [0.717, 1.165) is 0 Å². The number of likely N-dealkylation sites (N-methyl/N-ethyl adjacent to an activating group) is 1. The first-order valence-electron chi connectivity index (χ1n) is 6.60. The first-order chi connectivity index (χ1) is 7.81. The molecule has 0 spiro atoms. The van der Waals surface area contributed by atoms with E-state index in [1.807, 2.05) is 0 Å². The smallest absolute Gasteiger partial charge is 0.0469 e. The van der Waals surface area contributed by atoms with Crippen LogP contribution in [0.4, 0.5) is 0 Å². The average molecular weight is 220 g/mol. The van der Waals surface area contributed by atoms with E-state index in [4.69, 9.17) is 0 Å². The molecule has 90 valence electrons. The van der Waals surface area contributed by atoms with E-state index in [9.17, 15) is 0 Å². The van der Waals surface area contributed by atoms with Crippen LogP contribution in [-0.4, -0.2) is 49.1 Å². The van der Waals surface area contributed by atoms with Crippen molar-refractivity contribution in [1.29, 1.82) is 0 Å². The molecule has 1 aliphatic carbocycles. The minimum Gasteiger partial charge on any atom is -0.300 e. The van der Waals surface area contributed by atoms with Crippen molar-refractivity contribution < 1.29 is 0 Å². The number of allylic oxidation sites excluding steroid dienone is 2. The van der Waals surface area contributed by atoms with Crippen LogP contribution in [0.2, 0.25) is 0 Å². The molecular weight excluding hydrogens is 196 g/mol. The summed E-state index contributed by atoms with van der Waals surface area (Å²) in [5.74, 6) is 0. The Morgan fingerprint density at radius 3 is 2.88 bits per heavy atom. The zero-order valence-electron chi connectivity index (χ0n) is 10.7. The molecule has 1 saturated heterocycles. The fourth-order valence-corrected chi connectivity index (χ4v) is 2.69. The third-order valence-corrected chi connectivity index (χ3v) is 3.68. The first-order valence-corrected chi connectivity index (χ1v) is 6.60. The molecule has 0 aromatic rings. The Labute approximate surface area is 99.6 Å². The summed E-state index contributed by atoms with van der Waals surface area (Å²) >= 11 is 0. The second-order valence-electron chi connectivity index (χ2n) is 4.98. The van der Waals surface area contributed by atoms with Crippen molar-refractivity contribution in [3.8, 4) is 0 Å². The molecule has 0 saturated carbocycles. The molecule has 16 heavy (non-hydrogen) atoms. The Morgan fingerprint density at radius 2 is 2.19 bits per heavy atom. The highest BCUT2D eigenvalue weighted by Crippen LogP contribution is 2.20. The van der Waals surface area contributed by atoms with Gasteiger partial charge in [0.05, 0.1) is 0 Å². The van der Waals surface area contributed by atoms with E-state index in [0.29, 0.717) is 6.04 Å². The lowest BCUT2D eigenvalue weighted by atomic mass is 9.97. The van der Waals surface area contributed by atoms with Gasteiger partial charge in [-0.2, -0.15) is 0 Å². The zero-order valence-corrected chi connectivity index (χ0v) is 10.7. The highest BCUT2D eigenvalue weighted by molar-refractivity contribution is 5.28. The summed E-state index contributed by atoms with van der Waals surface area (Å²) < 4.78 is 0. The Hall–Kier alpha value is -0.600. The molecule has 0 aromatic carbocycles. The highest BCUT2D eigenvalue weighted by Gasteiger charge is 2.25. The number of nitrogens with zero attached hydrogens (tertiary/aromatic N) is 2. The van der Waals surface area contributed by atoms with Gasteiger partial charge in [-0.3, -0.25) is 4.90 Å². The van der Waals surface area contributed by atoms with Gasteiger partial charge < -0.3 is 4.90 Å². The lowest BCUT2D eigenvalue weighted by Gasteiger charge is -2.40. The van der Waals surface area contributed by atoms with Gasteiger partial charge in [0, 0.05) is 25.7 Å². The van der Waals surface area contributed by atoms with Crippen molar-refractivity contribution in [2.45, 2.75) is 32.2 Å². The minimum atomic E-state index is 0.622. The van der Waals surface area contributed by atoms with Crippen molar-refractivity contribution in [2.75, 3.05) is 33.2 Å². The van der Waals surface area contributed by atoms with Crippen LogP contribution in [0.5, 0.6) is 0 Å². The summed E-state index contributed by atoms with van der Waals surface area (Å²) in [4.78, 5) is 5.11. The topological polar surface area (TPSA) is 6.48 Å². The van der Waals surface area contributed by atoms with Crippen molar-refractivity contribution in [3.63, 3.8) is 0 Å². The van der Waals surface area contributed by atoms with Crippen LogP contribution < -0.4 is 0 Å². The maximum absolute atomic E-state index is 2.61. The quantitative estimate of drug-likeness (QED) is 0.720. The Bertz CT molecular complexity index is 280. The van der Waals surface area contributed by atoms with Gasteiger partial charge in [-0.15, -0.1) is 0 Å². The molecule has 1 heterocycles. The molecule has 0 aromatic heterocycles. The van der Waals surface area contributed by atoms with Crippen LogP contribution in [0.1, 0.15) is 26.2 Å². The molecule has 2 nitrogen and oxygen atoms in total. The van der Waals surface area contributed by atoms with Gasteiger partial charge in [0.25, 0.3) is 0 Å². The minimum absolute atomic E-state index is 0.622. The molecule has 1 unspecified atom stereocenters. The number of rotatable bonds is 3. The normalized spacial score (nSPS) is 28.1. The second kappa shape index (κ2) is 5.65. The van der Waals surface area contributed by atoms with E-state index in [-0.39, 0.29) is 0 Å². The van der Waals surface area contributed by atoms with Gasteiger partial charge in [-0.25, -0.2) is 0 Å². The Kier molecular flexibility index (Phi) is 4.19. The maximum atomic E-state index is 2.61. The van der Waals surface area contributed by atoms with E-state index in [1.165, 1.54) is 51.0 Å². The van der Waals surface area contributed by atoms with Crippen LogP contribution in [0, 0.1) is 0 Å². The first kappa shape index (κ1) is 11.9. The van der Waals surface area contributed by atoms with Gasteiger partial charge in [-0.1, -0.05) is 25.2 Å². The molecule has 0 radical (unpaired) electrons. The van der Waals surface area contributed by atoms with Crippen molar-refractivity contribution >= 4 is 0 Å². The average Bonchev–Trinajstić information content (AvgIpc) is 2.33. The standard InChI is InChI=1S/C14H24N2/c1-3-9-16-11-10-15(2)14(12-16)13-7-5-4-6-8-13/h5,7-8,14H,3-4,6,9-12H2,1-2H3. The summed E-state index contributed by atoms with van der Waals surface area (Å²) in [5.41, 5.74) is 1.54. The summed E-state index contributed by atoms with van der Waals surface area (Å²) in [6, 6.07) is 0.622. The zero-order chi connectivity index (χ0) is 11.4. The predicted molar refractivity (Wildman–Crippen MR) is 69.6 cm³/mol. The summed E-state index contributed by atoms with van der Waals surface area (Å²) in [5, 5.41) is 0. The van der Waals surface area contributed by atoms with Crippen LogP contribution >= 0.6 is 0 Å². The predicted octanol–water partition coefficient (Wildman–Crippen LogP) is 2.29. The molecule has 1 aliphatic heterocycles. The number of hydrogen-bond donors (Lipinski definition) is 0. The highest BCUT2D eigenvalue weighted by atomic mass is 15.3. The SMILES string of the molecule is CCCN1CCN(C)C(C2=CCCC=C2)C1. The third-order valence-electron chi connectivity index (χ3n) is 3.68. The van der Waals surface area contributed by atoms with Gasteiger partial charge in [0.2, 0.25) is 0 Å². The van der Waals surface area contributed by atoms with Crippen molar-refractivity contribution in [1.82, 2.24) is 9.80 Å². The molecular formula is C14H24N2. The second-order valence-corrected chi connectivity index (χ2v) is 4.98. The molecule has 0 amide bonds. The van der Waals surface area contributed by atoms with Crippen LogP contribution in [-0.2, 0) is 0 Å². The summed E-state index contributed by atoms with van der Waals surface area (Å²) in [6.07, 6.45) is 10.8. The van der Waals surface area contributed by atoms with E-state index >= 15 is 0 Å². The largest absolute Gasteiger partial charge is 0.300 e. The van der Waals surface area contributed by atoms with Crippen LogP contribution in [0.3, 0.4) is 0 Å². The number of hydrogen-bond acceptors (Lipinski definition) is 2. The number of piperazine rings is 1. The summed E-state index contributed by atoms with van der Waals surface area (Å²) in [6.45, 7) is 7.17. The molecule has 2 rings (SSSR count). The molecule has 1 fully saturated rings. The Morgan fingerprint density at radius 1 is 1.31 bits per heavy atom. The van der Waals surface area contributed by atoms with Gasteiger partial charge in [0.1, 0.15) is 0 Å². The van der Waals surface area contributed by atoms with Crippen LogP contribution in [0.15, 0.2) is 23.8 Å². The van der Waals surface area contributed by atoms with Gasteiger partial charge in [-0.05, 0) is 38.4 Å². The molecule has 2 aliphatic rings. The molecule has 2 heteroatoms. The Balaban J connectivity index is 2.00. The monoisotopic (exact) mass is 220 g/mol. The van der Waals surface area contributed by atoms with Gasteiger partial charge >= 0.3 is 0 Å². The lowest BCUT2D eigenvalue weighted by Crippen LogP contribution is -2.52. The van der Waals surface area contributed by atoms with Gasteiger partial charge in [0.15, 0.2) is 0 Å². The molecule has 1 atom stereocenters. The van der Waals surface area contributed by atoms with Crippen LogP contribution in [0.25, 0.3) is 0 Å².